The maximum absolute atomic E-state index is 12.4. The van der Waals surface area contributed by atoms with E-state index in [0.717, 1.165) is 23.9 Å². The number of benzene rings is 2. The van der Waals surface area contributed by atoms with E-state index in [1.165, 1.54) is 29.5 Å². The molecular formula is C22H20N2O. The fourth-order valence-electron chi connectivity index (χ4n) is 3.44. The number of rotatable bonds is 2. The molecule has 1 amide bonds. The van der Waals surface area contributed by atoms with Crippen molar-refractivity contribution in [2.24, 2.45) is 0 Å². The molecule has 3 aromatic rings. The van der Waals surface area contributed by atoms with Crippen LogP contribution in [0.2, 0.25) is 0 Å². The molecule has 0 saturated carbocycles. The van der Waals surface area contributed by atoms with Crippen molar-refractivity contribution in [3.8, 4) is 11.8 Å². The predicted molar refractivity (Wildman–Crippen MR) is 101 cm³/mol. The highest BCUT2D eigenvalue weighted by atomic mass is 16.1. The monoisotopic (exact) mass is 328 g/mol. The van der Waals surface area contributed by atoms with Gasteiger partial charge in [0.05, 0.1) is 6.54 Å². The van der Waals surface area contributed by atoms with Gasteiger partial charge in [-0.3, -0.25) is 4.79 Å². The van der Waals surface area contributed by atoms with Crippen LogP contribution in [0.1, 0.15) is 40.0 Å². The Hall–Kier alpha value is -2.99. The molecule has 1 aliphatic carbocycles. The first-order chi connectivity index (χ1) is 12.3. The second-order valence-electron chi connectivity index (χ2n) is 6.40. The molecule has 0 unspecified atom stereocenters. The average Bonchev–Trinajstić information content (AvgIpc) is 3.04. The Bertz CT molecular complexity index is 974. The Morgan fingerprint density at radius 1 is 1.08 bits per heavy atom. The number of aryl methyl sites for hydroxylation is 2. The first-order valence-electron chi connectivity index (χ1n) is 8.77. The molecule has 124 valence electrons. The van der Waals surface area contributed by atoms with Crippen LogP contribution in [0, 0.1) is 11.8 Å². The first-order valence-corrected chi connectivity index (χ1v) is 8.77. The number of hydrogen-bond donors (Lipinski definition) is 2. The highest BCUT2D eigenvalue weighted by molar-refractivity contribution is 5.99. The van der Waals surface area contributed by atoms with Gasteiger partial charge in [0.2, 0.25) is 0 Å². The fourth-order valence-corrected chi connectivity index (χ4v) is 3.44. The van der Waals surface area contributed by atoms with Crippen LogP contribution in [-0.2, 0) is 12.8 Å². The predicted octanol–water partition coefficient (Wildman–Crippen LogP) is 3.83. The number of fused-ring (bicyclic) bond motifs is 3. The molecule has 0 fully saturated rings. The van der Waals surface area contributed by atoms with Crippen molar-refractivity contribution in [1.82, 2.24) is 10.3 Å². The molecule has 2 aromatic carbocycles. The molecule has 0 bridgehead atoms. The van der Waals surface area contributed by atoms with Gasteiger partial charge in [0.15, 0.2) is 0 Å². The van der Waals surface area contributed by atoms with Crippen LogP contribution in [0.25, 0.3) is 10.9 Å². The van der Waals surface area contributed by atoms with Crippen molar-refractivity contribution in [1.29, 1.82) is 0 Å². The lowest BCUT2D eigenvalue weighted by Crippen LogP contribution is -2.23. The Labute approximate surface area is 147 Å². The van der Waals surface area contributed by atoms with Gasteiger partial charge in [-0.2, -0.15) is 0 Å². The number of nitrogens with one attached hydrogen (secondary N) is 2. The summed E-state index contributed by atoms with van der Waals surface area (Å²) in [5.41, 5.74) is 5.51. The van der Waals surface area contributed by atoms with Crippen LogP contribution in [0.5, 0.6) is 0 Å². The fraction of sp³-hybridized carbons (Fsp3) is 0.227. The largest absolute Gasteiger partial charge is 0.358 e. The van der Waals surface area contributed by atoms with Crippen molar-refractivity contribution in [2.45, 2.75) is 25.7 Å². The maximum Gasteiger partial charge on any atom is 0.252 e. The summed E-state index contributed by atoms with van der Waals surface area (Å²) in [6.45, 7) is 0.344. The third-order valence-corrected chi connectivity index (χ3v) is 4.70. The lowest BCUT2D eigenvalue weighted by atomic mass is 9.95. The van der Waals surface area contributed by atoms with E-state index in [4.69, 9.17) is 0 Å². The number of hydrogen-bond acceptors (Lipinski definition) is 1. The molecule has 4 rings (SSSR count). The quantitative estimate of drug-likeness (QED) is 0.690. The Morgan fingerprint density at radius 2 is 1.92 bits per heavy atom. The molecular weight excluding hydrogens is 308 g/mol. The van der Waals surface area contributed by atoms with Crippen molar-refractivity contribution >= 4 is 16.8 Å². The summed E-state index contributed by atoms with van der Waals surface area (Å²) < 4.78 is 0. The topological polar surface area (TPSA) is 44.9 Å². The zero-order valence-corrected chi connectivity index (χ0v) is 14.1. The van der Waals surface area contributed by atoms with Gasteiger partial charge in [-0.15, -0.1) is 0 Å². The van der Waals surface area contributed by atoms with Crippen molar-refractivity contribution in [3.63, 3.8) is 0 Å². The summed E-state index contributed by atoms with van der Waals surface area (Å²) in [4.78, 5) is 15.9. The maximum atomic E-state index is 12.4. The van der Waals surface area contributed by atoms with Crippen LogP contribution >= 0.6 is 0 Å². The molecule has 25 heavy (non-hydrogen) atoms. The van der Waals surface area contributed by atoms with Crippen LogP contribution in [0.3, 0.4) is 0 Å². The number of carbonyl (C=O) groups is 1. The molecule has 3 heteroatoms. The highest BCUT2D eigenvalue weighted by Gasteiger charge is 2.16. The normalized spacial score (nSPS) is 13.0. The zero-order valence-electron chi connectivity index (χ0n) is 14.1. The summed E-state index contributed by atoms with van der Waals surface area (Å²) in [6, 6.07) is 15.7. The van der Waals surface area contributed by atoms with Crippen LogP contribution in [-0.4, -0.2) is 17.4 Å². The Balaban J connectivity index is 1.48. The molecule has 0 aliphatic heterocycles. The van der Waals surface area contributed by atoms with E-state index >= 15 is 0 Å². The second-order valence-corrected chi connectivity index (χ2v) is 6.40. The molecule has 0 radical (unpaired) electrons. The van der Waals surface area contributed by atoms with Gasteiger partial charge >= 0.3 is 0 Å². The number of carbonyl (C=O) groups excluding carboxylic acids is 1. The summed E-state index contributed by atoms with van der Waals surface area (Å²) >= 11 is 0. The Kier molecular flexibility index (Phi) is 4.26. The van der Waals surface area contributed by atoms with E-state index in [1.54, 1.807) is 0 Å². The van der Waals surface area contributed by atoms with Crippen molar-refractivity contribution < 1.29 is 4.79 Å². The van der Waals surface area contributed by atoms with Gasteiger partial charge in [0.1, 0.15) is 0 Å². The lowest BCUT2D eigenvalue weighted by Gasteiger charge is -2.10. The summed E-state index contributed by atoms with van der Waals surface area (Å²) in [6.07, 6.45) is 4.68. The van der Waals surface area contributed by atoms with E-state index < -0.39 is 0 Å². The second kappa shape index (κ2) is 6.86. The smallest absolute Gasteiger partial charge is 0.252 e. The van der Waals surface area contributed by atoms with Crippen LogP contribution in [0.4, 0.5) is 0 Å². The zero-order chi connectivity index (χ0) is 17.1. The van der Waals surface area contributed by atoms with Crippen LogP contribution < -0.4 is 5.32 Å². The molecule has 1 aliphatic rings. The van der Waals surface area contributed by atoms with E-state index in [1.807, 2.05) is 48.5 Å². The van der Waals surface area contributed by atoms with E-state index in [0.29, 0.717) is 12.1 Å². The molecule has 0 spiro atoms. The number of aromatic amines is 1. The minimum absolute atomic E-state index is 0.0741. The number of amides is 1. The van der Waals surface area contributed by atoms with Crippen molar-refractivity contribution in [3.05, 3.63) is 70.9 Å². The highest BCUT2D eigenvalue weighted by Crippen LogP contribution is 2.29. The van der Waals surface area contributed by atoms with Crippen molar-refractivity contribution in [2.75, 3.05) is 6.54 Å². The Morgan fingerprint density at radius 3 is 2.80 bits per heavy atom. The minimum atomic E-state index is -0.0741. The number of aromatic nitrogens is 1. The van der Waals surface area contributed by atoms with Gasteiger partial charge in [-0.1, -0.05) is 30.0 Å². The third kappa shape index (κ3) is 3.29. The van der Waals surface area contributed by atoms with E-state index in [9.17, 15) is 4.79 Å². The average molecular weight is 328 g/mol. The molecule has 0 saturated heterocycles. The molecule has 0 atom stereocenters. The summed E-state index contributed by atoms with van der Waals surface area (Å²) in [5.74, 6) is 5.97. The van der Waals surface area contributed by atoms with E-state index in [-0.39, 0.29) is 5.91 Å². The van der Waals surface area contributed by atoms with Gasteiger partial charge in [0, 0.05) is 27.7 Å². The molecule has 3 nitrogen and oxygen atoms in total. The third-order valence-electron chi connectivity index (χ3n) is 4.70. The van der Waals surface area contributed by atoms with Gasteiger partial charge < -0.3 is 10.3 Å². The van der Waals surface area contributed by atoms with Gasteiger partial charge in [0.25, 0.3) is 5.91 Å². The van der Waals surface area contributed by atoms with E-state index in [2.05, 4.69) is 22.1 Å². The lowest BCUT2D eigenvalue weighted by molar-refractivity contribution is 0.0959. The standard InChI is InChI=1S/C22H20N2O/c25-22(23-14-6-9-16-7-2-1-3-8-16)17-12-13-21-19(15-17)18-10-4-5-11-20(18)24-21/h1-3,7-8,12-13,15,24H,4-5,10-11,14H2,(H,23,25). The molecule has 1 heterocycles. The minimum Gasteiger partial charge on any atom is -0.358 e. The van der Waals surface area contributed by atoms with Gasteiger partial charge in [-0.25, -0.2) is 0 Å². The number of H-pyrrole nitrogens is 1. The molecule has 1 aromatic heterocycles. The molecule has 2 N–H and O–H groups in total. The first kappa shape index (κ1) is 15.5. The summed E-state index contributed by atoms with van der Waals surface area (Å²) in [5, 5.41) is 4.08. The summed E-state index contributed by atoms with van der Waals surface area (Å²) in [7, 11) is 0. The SMILES string of the molecule is O=C(NCC#Cc1ccccc1)c1ccc2[nH]c3c(c2c1)CCCC3. The van der Waals surface area contributed by atoms with Gasteiger partial charge in [-0.05, 0) is 61.6 Å². The van der Waals surface area contributed by atoms with Crippen LogP contribution in [0.15, 0.2) is 48.5 Å².